The maximum absolute atomic E-state index is 8.94. The molecule has 0 unspecified atom stereocenters. The first kappa shape index (κ1) is 8.52. The SMILES string of the molecule is Cc1nc(N)c(C#N)c2ccccc12. The molecule has 0 bridgehead atoms. The number of anilines is 1. The molecule has 0 aliphatic heterocycles. The zero-order valence-corrected chi connectivity index (χ0v) is 7.78. The molecule has 2 aromatic rings. The van der Waals surface area contributed by atoms with Crippen LogP contribution in [0.15, 0.2) is 24.3 Å². The Bertz CT molecular complexity index is 538. The highest BCUT2D eigenvalue weighted by atomic mass is 14.8. The Labute approximate surface area is 81.8 Å². The summed E-state index contributed by atoms with van der Waals surface area (Å²) in [7, 11) is 0. The molecular weight excluding hydrogens is 174 g/mol. The standard InChI is InChI=1S/C11H9N3/c1-7-8-4-2-3-5-9(8)10(6-12)11(13)14-7/h2-5H,1H3,(H2,13,14). The number of nitrogen functional groups attached to an aromatic ring is 1. The molecule has 14 heavy (non-hydrogen) atoms. The van der Waals surface area contributed by atoms with Gasteiger partial charge < -0.3 is 5.73 Å². The molecule has 1 aromatic carbocycles. The van der Waals surface area contributed by atoms with Crippen molar-refractivity contribution < 1.29 is 0 Å². The molecule has 0 amide bonds. The number of hydrogen-bond donors (Lipinski definition) is 1. The van der Waals surface area contributed by atoms with Crippen molar-refractivity contribution in [2.75, 3.05) is 5.73 Å². The average Bonchev–Trinajstić information content (AvgIpc) is 2.18. The molecule has 0 aliphatic rings. The molecule has 0 saturated heterocycles. The normalized spacial score (nSPS) is 10.0. The smallest absolute Gasteiger partial charge is 0.142 e. The monoisotopic (exact) mass is 183 g/mol. The third kappa shape index (κ3) is 1.09. The minimum atomic E-state index is 0.309. The van der Waals surface area contributed by atoms with Crippen molar-refractivity contribution >= 4 is 16.6 Å². The highest BCUT2D eigenvalue weighted by Crippen LogP contribution is 2.23. The lowest BCUT2D eigenvalue weighted by atomic mass is 10.1. The fourth-order valence-electron chi connectivity index (χ4n) is 1.57. The van der Waals surface area contributed by atoms with Crippen molar-refractivity contribution in [1.82, 2.24) is 4.98 Å². The zero-order valence-electron chi connectivity index (χ0n) is 7.78. The maximum atomic E-state index is 8.94. The van der Waals surface area contributed by atoms with Crippen LogP contribution in [0.4, 0.5) is 5.82 Å². The number of hydrogen-bond acceptors (Lipinski definition) is 3. The average molecular weight is 183 g/mol. The molecule has 2 N–H and O–H groups in total. The molecule has 0 fully saturated rings. The van der Waals surface area contributed by atoms with Crippen LogP contribution in [0.3, 0.4) is 0 Å². The summed E-state index contributed by atoms with van der Waals surface area (Å²) in [6.45, 7) is 1.89. The Hall–Kier alpha value is -2.08. The summed E-state index contributed by atoms with van der Waals surface area (Å²) in [5, 5.41) is 10.8. The van der Waals surface area contributed by atoms with Crippen molar-refractivity contribution in [3.05, 3.63) is 35.5 Å². The van der Waals surface area contributed by atoms with Crippen LogP contribution < -0.4 is 5.73 Å². The van der Waals surface area contributed by atoms with Crippen LogP contribution in [-0.4, -0.2) is 4.98 Å². The number of nitriles is 1. The molecule has 0 radical (unpaired) electrons. The van der Waals surface area contributed by atoms with Crippen LogP contribution in [0.25, 0.3) is 10.8 Å². The number of benzene rings is 1. The van der Waals surface area contributed by atoms with E-state index in [2.05, 4.69) is 11.1 Å². The molecular formula is C11H9N3. The van der Waals surface area contributed by atoms with Crippen molar-refractivity contribution in [2.45, 2.75) is 6.92 Å². The molecule has 2 rings (SSSR count). The number of pyridine rings is 1. The second kappa shape index (κ2) is 3.00. The first-order chi connectivity index (χ1) is 6.74. The van der Waals surface area contributed by atoms with Crippen LogP contribution in [-0.2, 0) is 0 Å². The van der Waals surface area contributed by atoms with Gasteiger partial charge in [-0.15, -0.1) is 0 Å². The lowest BCUT2D eigenvalue weighted by Crippen LogP contribution is -1.98. The van der Waals surface area contributed by atoms with Gasteiger partial charge in [0, 0.05) is 16.5 Å². The molecule has 0 saturated carbocycles. The van der Waals surface area contributed by atoms with Crippen LogP contribution in [0.5, 0.6) is 0 Å². The van der Waals surface area contributed by atoms with E-state index in [1.165, 1.54) is 0 Å². The van der Waals surface area contributed by atoms with Gasteiger partial charge in [-0.05, 0) is 6.92 Å². The van der Waals surface area contributed by atoms with Gasteiger partial charge in [0.15, 0.2) is 0 Å². The van der Waals surface area contributed by atoms with Gasteiger partial charge in [0.05, 0.1) is 0 Å². The van der Waals surface area contributed by atoms with Gasteiger partial charge in [-0.3, -0.25) is 0 Å². The van der Waals surface area contributed by atoms with Crippen molar-refractivity contribution in [1.29, 1.82) is 5.26 Å². The molecule has 0 aliphatic carbocycles. The summed E-state index contributed by atoms with van der Waals surface area (Å²) in [6, 6.07) is 9.72. The van der Waals surface area contributed by atoms with Gasteiger partial charge in [-0.25, -0.2) is 4.98 Å². The fraction of sp³-hybridized carbons (Fsp3) is 0.0909. The van der Waals surface area contributed by atoms with Gasteiger partial charge >= 0.3 is 0 Å². The second-order valence-corrected chi connectivity index (χ2v) is 3.11. The largest absolute Gasteiger partial charge is 0.383 e. The molecule has 3 heteroatoms. The topological polar surface area (TPSA) is 62.7 Å². The third-order valence-electron chi connectivity index (χ3n) is 2.24. The van der Waals surface area contributed by atoms with Crippen molar-refractivity contribution in [3.8, 4) is 6.07 Å². The van der Waals surface area contributed by atoms with Gasteiger partial charge in [-0.2, -0.15) is 5.26 Å². The predicted molar refractivity (Wildman–Crippen MR) is 55.6 cm³/mol. The quantitative estimate of drug-likeness (QED) is 0.679. The van der Waals surface area contributed by atoms with E-state index in [0.717, 1.165) is 16.5 Å². The van der Waals surface area contributed by atoms with Gasteiger partial charge in [0.1, 0.15) is 17.5 Å². The summed E-state index contributed by atoms with van der Waals surface area (Å²) in [5.41, 5.74) is 6.99. The minimum absolute atomic E-state index is 0.309. The Morgan fingerprint density at radius 2 is 1.93 bits per heavy atom. The summed E-state index contributed by atoms with van der Waals surface area (Å²) >= 11 is 0. The van der Waals surface area contributed by atoms with E-state index in [-0.39, 0.29) is 0 Å². The number of nitrogens with two attached hydrogens (primary N) is 1. The Morgan fingerprint density at radius 1 is 1.29 bits per heavy atom. The Balaban J connectivity index is 3.00. The number of fused-ring (bicyclic) bond motifs is 1. The summed E-state index contributed by atoms with van der Waals surface area (Å²) in [6.07, 6.45) is 0. The predicted octanol–water partition coefficient (Wildman–Crippen LogP) is 2.00. The van der Waals surface area contributed by atoms with Crippen LogP contribution in [0.2, 0.25) is 0 Å². The van der Waals surface area contributed by atoms with E-state index >= 15 is 0 Å². The zero-order chi connectivity index (χ0) is 10.1. The van der Waals surface area contributed by atoms with Gasteiger partial charge in [-0.1, -0.05) is 24.3 Å². The molecule has 1 aromatic heterocycles. The van der Waals surface area contributed by atoms with E-state index in [9.17, 15) is 0 Å². The van der Waals surface area contributed by atoms with E-state index in [4.69, 9.17) is 11.0 Å². The molecule has 0 atom stereocenters. The molecule has 1 heterocycles. The highest BCUT2D eigenvalue weighted by Gasteiger charge is 2.07. The number of rotatable bonds is 0. The molecule has 0 spiro atoms. The lowest BCUT2D eigenvalue weighted by molar-refractivity contribution is 1.23. The van der Waals surface area contributed by atoms with Gasteiger partial charge in [0.25, 0.3) is 0 Å². The van der Waals surface area contributed by atoms with Crippen LogP contribution in [0, 0.1) is 18.3 Å². The van der Waals surface area contributed by atoms with Crippen molar-refractivity contribution in [2.24, 2.45) is 0 Å². The summed E-state index contributed by atoms with van der Waals surface area (Å²) < 4.78 is 0. The molecule has 68 valence electrons. The first-order valence-corrected chi connectivity index (χ1v) is 4.29. The number of aryl methyl sites for hydroxylation is 1. The lowest BCUT2D eigenvalue weighted by Gasteiger charge is -2.05. The fourth-order valence-corrected chi connectivity index (χ4v) is 1.57. The first-order valence-electron chi connectivity index (χ1n) is 4.29. The number of nitrogens with zero attached hydrogens (tertiary/aromatic N) is 2. The van der Waals surface area contributed by atoms with Crippen molar-refractivity contribution in [3.63, 3.8) is 0 Å². The van der Waals surface area contributed by atoms with Gasteiger partial charge in [0.2, 0.25) is 0 Å². The van der Waals surface area contributed by atoms with Crippen LogP contribution in [0.1, 0.15) is 11.3 Å². The van der Waals surface area contributed by atoms with E-state index in [1.807, 2.05) is 31.2 Å². The molecule has 3 nitrogen and oxygen atoms in total. The minimum Gasteiger partial charge on any atom is -0.383 e. The van der Waals surface area contributed by atoms with E-state index < -0.39 is 0 Å². The summed E-state index contributed by atoms with van der Waals surface area (Å²) in [4.78, 5) is 4.13. The number of aromatic nitrogens is 1. The van der Waals surface area contributed by atoms with Crippen LogP contribution >= 0.6 is 0 Å². The third-order valence-corrected chi connectivity index (χ3v) is 2.24. The Morgan fingerprint density at radius 3 is 2.57 bits per heavy atom. The highest BCUT2D eigenvalue weighted by molar-refractivity contribution is 5.92. The van der Waals surface area contributed by atoms with E-state index in [0.29, 0.717) is 11.4 Å². The Kier molecular flexibility index (Phi) is 1.83. The van der Waals surface area contributed by atoms with E-state index in [1.54, 1.807) is 0 Å². The maximum Gasteiger partial charge on any atom is 0.142 e. The second-order valence-electron chi connectivity index (χ2n) is 3.11. The summed E-state index contributed by atoms with van der Waals surface area (Å²) in [5.74, 6) is 0.309.